The maximum absolute atomic E-state index is 12.4. The summed E-state index contributed by atoms with van der Waals surface area (Å²) in [6.45, 7) is 0.544. The lowest BCUT2D eigenvalue weighted by Gasteiger charge is -2.02. The van der Waals surface area contributed by atoms with Crippen LogP contribution in [-0.2, 0) is 17.8 Å². The summed E-state index contributed by atoms with van der Waals surface area (Å²) in [4.78, 5) is 17.5. The first-order valence-corrected chi connectivity index (χ1v) is 10.5. The van der Waals surface area contributed by atoms with Crippen LogP contribution in [0.25, 0.3) is 6.08 Å². The van der Waals surface area contributed by atoms with Gasteiger partial charge in [-0.3, -0.25) is 14.8 Å². The number of nitrogens with one attached hydrogen (secondary N) is 1. The summed E-state index contributed by atoms with van der Waals surface area (Å²) in [6, 6.07) is 7.16. The van der Waals surface area contributed by atoms with Gasteiger partial charge in [-0.1, -0.05) is 23.2 Å². The molecule has 29 heavy (non-hydrogen) atoms. The molecule has 148 valence electrons. The maximum atomic E-state index is 12.4. The zero-order valence-corrected chi connectivity index (χ0v) is 18.0. The van der Waals surface area contributed by atoms with Crippen molar-refractivity contribution in [2.24, 2.45) is 0 Å². The average Bonchev–Trinajstić information content (AvgIpc) is 3.32. The highest BCUT2D eigenvalue weighted by atomic mass is 35.5. The van der Waals surface area contributed by atoms with Gasteiger partial charge in [0.25, 0.3) is 5.91 Å². The second-order valence-corrected chi connectivity index (χ2v) is 8.23. The minimum absolute atomic E-state index is 0.0509. The first-order valence-electron chi connectivity index (χ1n) is 8.38. The van der Waals surface area contributed by atoms with Crippen LogP contribution < -0.4 is 5.32 Å². The predicted molar refractivity (Wildman–Crippen MR) is 117 cm³/mol. The fourth-order valence-corrected chi connectivity index (χ4v) is 3.84. The van der Waals surface area contributed by atoms with Crippen LogP contribution >= 0.6 is 46.1 Å². The van der Waals surface area contributed by atoms with E-state index in [4.69, 9.17) is 34.8 Å². The molecular weight excluding hydrogens is 453 g/mol. The van der Waals surface area contributed by atoms with Crippen LogP contribution in [0.4, 0.5) is 5.13 Å². The van der Waals surface area contributed by atoms with E-state index in [9.17, 15) is 10.1 Å². The molecule has 0 atom stereocenters. The zero-order valence-electron chi connectivity index (χ0n) is 14.9. The van der Waals surface area contributed by atoms with E-state index in [1.807, 2.05) is 6.07 Å². The average molecular weight is 467 g/mol. The molecule has 1 aromatic carbocycles. The Hall–Kier alpha value is -2.37. The van der Waals surface area contributed by atoms with Crippen LogP contribution in [0.5, 0.6) is 0 Å². The Bertz CT molecular complexity index is 1100. The Morgan fingerprint density at radius 2 is 2.17 bits per heavy atom. The number of hydrogen-bond donors (Lipinski definition) is 1. The molecule has 3 rings (SSSR count). The van der Waals surface area contributed by atoms with Gasteiger partial charge in [0.15, 0.2) is 5.13 Å². The van der Waals surface area contributed by atoms with Gasteiger partial charge >= 0.3 is 0 Å². The summed E-state index contributed by atoms with van der Waals surface area (Å²) in [5, 5.41) is 17.7. The molecule has 0 aliphatic rings. The molecule has 2 aromatic heterocycles. The molecule has 0 fully saturated rings. The molecular formula is C19H14Cl3N5OS. The normalized spacial score (nSPS) is 11.3. The quantitative estimate of drug-likeness (QED) is 0.301. The first kappa shape index (κ1) is 21.3. The number of nitriles is 1. The highest BCUT2D eigenvalue weighted by molar-refractivity contribution is 7.15. The summed E-state index contributed by atoms with van der Waals surface area (Å²) >= 11 is 19.2. The molecule has 10 heteroatoms. The molecule has 0 aliphatic carbocycles. The molecule has 0 aliphatic heterocycles. The third-order valence-electron chi connectivity index (χ3n) is 3.79. The zero-order chi connectivity index (χ0) is 20.8. The Morgan fingerprint density at radius 3 is 2.93 bits per heavy atom. The smallest absolute Gasteiger partial charge is 0.268 e. The van der Waals surface area contributed by atoms with Gasteiger partial charge in [0.1, 0.15) is 11.6 Å². The lowest BCUT2D eigenvalue weighted by atomic mass is 10.1. The molecule has 0 saturated heterocycles. The second-order valence-electron chi connectivity index (χ2n) is 5.89. The van der Waals surface area contributed by atoms with E-state index >= 15 is 0 Å². The molecule has 0 spiro atoms. The van der Waals surface area contributed by atoms with Crippen LogP contribution in [0, 0.1) is 11.3 Å². The number of hydrogen-bond acceptors (Lipinski definition) is 5. The summed E-state index contributed by atoms with van der Waals surface area (Å²) < 4.78 is 1.64. The van der Waals surface area contributed by atoms with Gasteiger partial charge in [-0.2, -0.15) is 10.4 Å². The van der Waals surface area contributed by atoms with Gasteiger partial charge in [0, 0.05) is 45.2 Å². The molecule has 0 unspecified atom stereocenters. The number of amides is 1. The van der Waals surface area contributed by atoms with Gasteiger partial charge in [-0.15, -0.1) is 22.9 Å². The molecule has 0 radical (unpaired) electrons. The third kappa shape index (κ3) is 5.81. The topological polar surface area (TPSA) is 83.6 Å². The van der Waals surface area contributed by atoms with E-state index in [-0.39, 0.29) is 5.57 Å². The number of benzene rings is 1. The molecule has 1 amide bonds. The number of aryl methyl sites for hydroxylation is 1. The van der Waals surface area contributed by atoms with Crippen molar-refractivity contribution >= 4 is 63.3 Å². The van der Waals surface area contributed by atoms with Crippen LogP contribution in [0.1, 0.15) is 16.0 Å². The summed E-state index contributed by atoms with van der Waals surface area (Å²) in [7, 11) is 0. The monoisotopic (exact) mass is 465 g/mol. The molecule has 2 heterocycles. The van der Waals surface area contributed by atoms with Crippen molar-refractivity contribution in [1.29, 1.82) is 5.26 Å². The largest absolute Gasteiger partial charge is 0.297 e. The van der Waals surface area contributed by atoms with Gasteiger partial charge < -0.3 is 0 Å². The Morgan fingerprint density at radius 1 is 1.34 bits per heavy atom. The van der Waals surface area contributed by atoms with E-state index in [0.29, 0.717) is 39.6 Å². The fourth-order valence-electron chi connectivity index (χ4n) is 2.46. The number of nitrogens with zero attached hydrogens (tertiary/aromatic N) is 4. The molecule has 0 bridgehead atoms. The van der Waals surface area contributed by atoms with Crippen LogP contribution in [0.15, 0.2) is 42.4 Å². The van der Waals surface area contributed by atoms with Gasteiger partial charge in [0.05, 0.1) is 12.7 Å². The summed E-state index contributed by atoms with van der Waals surface area (Å²) in [5.41, 5.74) is 1.45. The number of alkyl halides is 1. The number of carbonyl (C=O) groups is 1. The van der Waals surface area contributed by atoms with E-state index in [2.05, 4.69) is 15.4 Å². The number of carbonyl (C=O) groups excluding carboxylic acids is 1. The number of aromatic nitrogens is 3. The van der Waals surface area contributed by atoms with E-state index in [1.165, 1.54) is 17.4 Å². The number of thiazole rings is 1. The molecule has 0 saturated carbocycles. The van der Waals surface area contributed by atoms with Crippen molar-refractivity contribution < 1.29 is 4.79 Å². The summed E-state index contributed by atoms with van der Waals surface area (Å²) in [5.74, 6) is -0.122. The second kappa shape index (κ2) is 9.90. The van der Waals surface area contributed by atoms with Gasteiger partial charge in [-0.05, 0) is 29.8 Å². The number of halogens is 3. The van der Waals surface area contributed by atoms with Crippen LogP contribution in [-0.4, -0.2) is 26.6 Å². The van der Waals surface area contributed by atoms with Gasteiger partial charge in [0.2, 0.25) is 0 Å². The lowest BCUT2D eigenvalue weighted by molar-refractivity contribution is -0.112. The minimum atomic E-state index is -0.542. The number of anilines is 1. The highest BCUT2D eigenvalue weighted by Crippen LogP contribution is 2.27. The highest BCUT2D eigenvalue weighted by Gasteiger charge is 2.13. The first-order chi connectivity index (χ1) is 14.0. The van der Waals surface area contributed by atoms with Crippen molar-refractivity contribution in [3.05, 3.63) is 68.4 Å². The maximum Gasteiger partial charge on any atom is 0.268 e. The van der Waals surface area contributed by atoms with Crippen LogP contribution in [0.3, 0.4) is 0 Å². The van der Waals surface area contributed by atoms with Crippen molar-refractivity contribution in [3.8, 4) is 6.07 Å². The van der Waals surface area contributed by atoms with Crippen molar-refractivity contribution in [2.75, 3.05) is 11.2 Å². The van der Waals surface area contributed by atoms with Crippen molar-refractivity contribution in [2.45, 2.75) is 13.0 Å². The number of rotatable bonds is 7. The third-order valence-corrected chi connectivity index (χ3v) is 5.47. The SMILES string of the molecule is N#CC(=Cc1cnn(CCCl)c1)C(=O)Nc1ncc(Cc2cc(Cl)ccc2Cl)s1. The Balaban J connectivity index is 1.69. The molecule has 6 nitrogen and oxygen atoms in total. The Labute approximate surface area is 186 Å². The van der Waals surface area contributed by atoms with Crippen molar-refractivity contribution in [3.63, 3.8) is 0 Å². The van der Waals surface area contributed by atoms with Gasteiger partial charge in [-0.25, -0.2) is 4.98 Å². The van der Waals surface area contributed by atoms with E-state index in [1.54, 1.807) is 41.5 Å². The van der Waals surface area contributed by atoms with Crippen molar-refractivity contribution in [1.82, 2.24) is 14.8 Å². The van der Waals surface area contributed by atoms with E-state index < -0.39 is 5.91 Å². The molecule has 1 N–H and O–H groups in total. The summed E-state index contributed by atoms with van der Waals surface area (Å²) in [6.07, 6.45) is 6.93. The van der Waals surface area contributed by atoms with Crippen LogP contribution in [0.2, 0.25) is 10.0 Å². The lowest BCUT2D eigenvalue weighted by Crippen LogP contribution is -2.13. The molecule has 3 aromatic rings. The fraction of sp³-hybridized carbons (Fsp3) is 0.158. The van der Waals surface area contributed by atoms with E-state index in [0.717, 1.165) is 10.4 Å². The standard InChI is InChI=1S/C19H14Cl3N5OS/c20-3-4-27-11-12(9-25-27)5-14(8-23)18(28)26-19-24-10-16(29-19)7-13-6-15(21)1-2-17(13)22/h1-2,5-6,9-11H,3-4,7H2,(H,24,26,28). The predicted octanol–water partition coefficient (Wildman–Crippen LogP) is 5.02. The minimum Gasteiger partial charge on any atom is -0.297 e. The Kier molecular flexibility index (Phi) is 7.29.